The molecule has 1 N–H and O–H groups in total. The van der Waals surface area contributed by atoms with Crippen LogP contribution < -0.4 is 5.32 Å². The topological polar surface area (TPSA) is 69.7 Å². The Morgan fingerprint density at radius 1 is 1.16 bits per heavy atom. The van der Waals surface area contributed by atoms with Crippen LogP contribution in [0, 0.1) is 5.92 Å². The predicted molar refractivity (Wildman–Crippen MR) is 106 cm³/mol. The molecule has 1 aliphatic heterocycles. The van der Waals surface area contributed by atoms with Gasteiger partial charge in [0.2, 0.25) is 5.91 Å². The molecular weight excluding hydrogens is 411 g/mol. The van der Waals surface area contributed by atoms with E-state index in [-0.39, 0.29) is 36.9 Å². The summed E-state index contributed by atoms with van der Waals surface area (Å²) in [4.78, 5) is 41.3. The molecule has 1 aromatic rings. The van der Waals surface area contributed by atoms with Crippen LogP contribution in [-0.2, 0) is 22.3 Å². The van der Waals surface area contributed by atoms with Gasteiger partial charge < -0.3 is 10.2 Å². The van der Waals surface area contributed by atoms with Crippen LogP contribution in [0.15, 0.2) is 24.3 Å². The number of hydrogen-bond donors (Lipinski definition) is 1. The van der Waals surface area contributed by atoms with Gasteiger partial charge in [-0.15, -0.1) is 0 Å². The lowest BCUT2D eigenvalue weighted by Crippen LogP contribution is -2.54. The molecule has 9 heteroatoms. The van der Waals surface area contributed by atoms with Crippen molar-refractivity contribution in [2.75, 3.05) is 6.54 Å². The number of halogens is 3. The molecule has 168 valence electrons. The van der Waals surface area contributed by atoms with E-state index in [0.717, 1.165) is 49.1 Å². The van der Waals surface area contributed by atoms with Crippen LogP contribution >= 0.6 is 0 Å². The van der Waals surface area contributed by atoms with E-state index in [1.165, 1.54) is 12.1 Å². The fourth-order valence-electron chi connectivity index (χ4n) is 4.67. The standard InChI is InChI=1S/C22H26F3N3O3/c1-14-4-2-3-11-21(14)19(30)28(20(31)26-21)13-18(29)27(17-9-10-17)12-15-5-7-16(8-6-15)22(23,24)25/h5-8,14,17H,2-4,9-13H2,1H3,(H,26,31). The summed E-state index contributed by atoms with van der Waals surface area (Å²) in [6.07, 6.45) is 0.451. The largest absolute Gasteiger partial charge is 0.416 e. The number of carbonyl (C=O) groups is 3. The Morgan fingerprint density at radius 3 is 2.42 bits per heavy atom. The zero-order valence-electron chi connectivity index (χ0n) is 17.4. The molecule has 2 unspecified atom stereocenters. The van der Waals surface area contributed by atoms with Gasteiger partial charge in [0.1, 0.15) is 12.1 Å². The minimum absolute atomic E-state index is 0.00415. The molecule has 1 aromatic carbocycles. The number of hydrogen-bond acceptors (Lipinski definition) is 3. The highest BCUT2D eigenvalue weighted by Gasteiger charge is 2.55. The van der Waals surface area contributed by atoms with Crippen LogP contribution in [0.1, 0.15) is 56.6 Å². The SMILES string of the molecule is CC1CCCCC12NC(=O)N(CC(=O)N(Cc1ccc(C(F)(F)F)cc1)C1CC1)C2=O. The summed E-state index contributed by atoms with van der Waals surface area (Å²) in [6, 6.07) is 4.15. The fourth-order valence-corrected chi connectivity index (χ4v) is 4.67. The highest BCUT2D eigenvalue weighted by Crippen LogP contribution is 2.38. The second-order valence-electron chi connectivity index (χ2n) is 8.89. The van der Waals surface area contributed by atoms with Crippen LogP contribution in [0.4, 0.5) is 18.0 Å². The van der Waals surface area contributed by atoms with Crippen molar-refractivity contribution in [1.29, 1.82) is 0 Å². The van der Waals surface area contributed by atoms with E-state index in [0.29, 0.717) is 12.0 Å². The molecule has 1 saturated heterocycles. The first-order chi connectivity index (χ1) is 14.6. The van der Waals surface area contributed by atoms with Crippen LogP contribution in [0.5, 0.6) is 0 Å². The molecule has 4 amide bonds. The Kier molecular flexibility index (Phi) is 5.47. The second kappa shape index (κ2) is 7.84. The third-order valence-corrected chi connectivity index (χ3v) is 6.74. The van der Waals surface area contributed by atoms with Crippen molar-refractivity contribution in [3.8, 4) is 0 Å². The first-order valence-corrected chi connectivity index (χ1v) is 10.7. The maximum atomic E-state index is 13.1. The molecule has 6 nitrogen and oxygen atoms in total. The van der Waals surface area contributed by atoms with E-state index >= 15 is 0 Å². The number of nitrogens with one attached hydrogen (secondary N) is 1. The molecule has 2 aliphatic carbocycles. The van der Waals surface area contributed by atoms with Gasteiger partial charge in [-0.1, -0.05) is 31.9 Å². The van der Waals surface area contributed by atoms with Crippen molar-refractivity contribution in [2.24, 2.45) is 5.92 Å². The van der Waals surface area contributed by atoms with Gasteiger partial charge in [-0.2, -0.15) is 13.2 Å². The van der Waals surface area contributed by atoms with Gasteiger partial charge in [0.05, 0.1) is 5.56 Å². The number of rotatable bonds is 5. The molecule has 2 atom stereocenters. The Bertz CT molecular complexity index is 882. The lowest BCUT2D eigenvalue weighted by Gasteiger charge is -2.36. The average molecular weight is 437 g/mol. The van der Waals surface area contributed by atoms with E-state index in [4.69, 9.17) is 0 Å². The van der Waals surface area contributed by atoms with Gasteiger partial charge in [0.15, 0.2) is 0 Å². The number of urea groups is 1. The molecule has 0 bridgehead atoms. The van der Waals surface area contributed by atoms with Crippen LogP contribution in [0.25, 0.3) is 0 Å². The number of amides is 4. The van der Waals surface area contributed by atoms with Crippen LogP contribution in [-0.4, -0.2) is 45.8 Å². The second-order valence-corrected chi connectivity index (χ2v) is 8.89. The van der Waals surface area contributed by atoms with Crippen molar-refractivity contribution in [2.45, 2.75) is 69.8 Å². The van der Waals surface area contributed by atoms with Gasteiger partial charge in [-0.05, 0) is 49.3 Å². The van der Waals surface area contributed by atoms with E-state index in [2.05, 4.69) is 5.32 Å². The van der Waals surface area contributed by atoms with E-state index in [1.807, 2.05) is 6.92 Å². The van der Waals surface area contributed by atoms with Crippen molar-refractivity contribution in [3.63, 3.8) is 0 Å². The van der Waals surface area contributed by atoms with E-state index < -0.39 is 23.3 Å². The Labute approximate surface area is 178 Å². The van der Waals surface area contributed by atoms with Crippen molar-refractivity contribution in [3.05, 3.63) is 35.4 Å². The minimum atomic E-state index is -4.42. The molecule has 3 aliphatic rings. The number of alkyl halides is 3. The first-order valence-electron chi connectivity index (χ1n) is 10.7. The van der Waals surface area contributed by atoms with Gasteiger partial charge >= 0.3 is 12.2 Å². The first kappa shape index (κ1) is 21.6. The Morgan fingerprint density at radius 2 is 1.84 bits per heavy atom. The summed E-state index contributed by atoms with van der Waals surface area (Å²) < 4.78 is 38.4. The zero-order chi connectivity index (χ0) is 22.4. The molecule has 4 rings (SSSR count). The number of nitrogens with zero attached hydrogens (tertiary/aromatic N) is 2. The number of carbonyl (C=O) groups excluding carboxylic acids is 3. The predicted octanol–water partition coefficient (Wildman–Crippen LogP) is 3.70. The fraction of sp³-hybridized carbons (Fsp3) is 0.591. The van der Waals surface area contributed by atoms with Gasteiger partial charge in [0.25, 0.3) is 5.91 Å². The van der Waals surface area contributed by atoms with Crippen LogP contribution in [0.2, 0.25) is 0 Å². The summed E-state index contributed by atoms with van der Waals surface area (Å²) in [6.45, 7) is 1.74. The number of benzene rings is 1. The third kappa shape index (κ3) is 4.14. The normalized spacial score (nSPS) is 26.3. The van der Waals surface area contributed by atoms with Crippen molar-refractivity contribution < 1.29 is 27.6 Å². The highest BCUT2D eigenvalue weighted by atomic mass is 19.4. The molecular formula is C22H26F3N3O3. The summed E-state index contributed by atoms with van der Waals surface area (Å²) in [5, 5.41) is 2.84. The maximum absolute atomic E-state index is 13.1. The lowest BCUT2D eigenvalue weighted by atomic mass is 9.73. The summed E-state index contributed by atoms with van der Waals surface area (Å²) in [7, 11) is 0. The third-order valence-electron chi connectivity index (χ3n) is 6.74. The summed E-state index contributed by atoms with van der Waals surface area (Å²) in [5.74, 6) is -0.709. The molecule has 1 heterocycles. The number of imide groups is 1. The van der Waals surface area contributed by atoms with E-state index in [1.54, 1.807) is 4.90 Å². The van der Waals surface area contributed by atoms with Crippen molar-refractivity contribution >= 4 is 17.8 Å². The van der Waals surface area contributed by atoms with Gasteiger partial charge in [-0.25, -0.2) is 4.79 Å². The monoisotopic (exact) mass is 437 g/mol. The smallest absolute Gasteiger partial charge is 0.334 e. The van der Waals surface area contributed by atoms with Crippen LogP contribution in [0.3, 0.4) is 0 Å². The van der Waals surface area contributed by atoms with E-state index in [9.17, 15) is 27.6 Å². The zero-order valence-corrected chi connectivity index (χ0v) is 17.4. The summed E-state index contributed by atoms with van der Waals surface area (Å²) in [5.41, 5.74) is -1.09. The Balaban J connectivity index is 1.46. The van der Waals surface area contributed by atoms with Gasteiger partial charge in [-0.3, -0.25) is 14.5 Å². The minimum Gasteiger partial charge on any atom is -0.334 e. The molecule has 2 saturated carbocycles. The lowest BCUT2D eigenvalue weighted by molar-refractivity contribution is -0.141. The molecule has 31 heavy (non-hydrogen) atoms. The molecule has 1 spiro atoms. The Hall–Kier alpha value is -2.58. The van der Waals surface area contributed by atoms with Crippen molar-refractivity contribution in [1.82, 2.24) is 15.1 Å². The maximum Gasteiger partial charge on any atom is 0.416 e. The molecule has 0 aromatic heterocycles. The highest BCUT2D eigenvalue weighted by molar-refractivity contribution is 6.09. The summed E-state index contributed by atoms with van der Waals surface area (Å²) >= 11 is 0. The average Bonchev–Trinajstić information content (AvgIpc) is 3.52. The van der Waals surface area contributed by atoms with Gasteiger partial charge in [0, 0.05) is 12.6 Å². The molecule has 3 fully saturated rings. The molecule has 0 radical (unpaired) electrons. The quantitative estimate of drug-likeness (QED) is 0.715.